The maximum Gasteiger partial charge on any atom is 0.261 e. The Morgan fingerprint density at radius 1 is 1.10 bits per heavy atom. The van der Waals surface area contributed by atoms with E-state index >= 15 is 0 Å². The first-order valence-corrected chi connectivity index (χ1v) is 10.7. The van der Waals surface area contributed by atoms with E-state index in [4.69, 9.17) is 4.74 Å². The van der Waals surface area contributed by atoms with Crippen LogP contribution in [0, 0.1) is 0 Å². The molecular formula is C22H31N3O3S. The number of carbonyl (C=O) groups excluding carboxylic acids is 2. The van der Waals surface area contributed by atoms with E-state index in [0.717, 1.165) is 23.4 Å². The monoisotopic (exact) mass is 417 g/mol. The highest BCUT2D eigenvalue weighted by molar-refractivity contribution is 7.17. The number of thiophene rings is 1. The zero-order valence-electron chi connectivity index (χ0n) is 17.9. The lowest BCUT2D eigenvalue weighted by Gasteiger charge is -2.20. The molecule has 29 heavy (non-hydrogen) atoms. The molecule has 0 aliphatic rings. The van der Waals surface area contributed by atoms with Crippen LogP contribution in [0.25, 0.3) is 10.4 Å². The molecule has 0 radical (unpaired) electrons. The van der Waals surface area contributed by atoms with Crippen LogP contribution in [0.5, 0.6) is 5.75 Å². The maximum atomic E-state index is 12.7. The van der Waals surface area contributed by atoms with Crippen molar-refractivity contribution in [1.29, 1.82) is 0 Å². The number of nitrogens with one attached hydrogen (secondary N) is 1. The maximum absolute atomic E-state index is 12.7. The minimum atomic E-state index is -0.0553. The number of hydrogen-bond acceptors (Lipinski definition) is 5. The van der Waals surface area contributed by atoms with Gasteiger partial charge in [0, 0.05) is 24.5 Å². The molecule has 1 aromatic heterocycles. The van der Waals surface area contributed by atoms with E-state index in [1.165, 1.54) is 11.3 Å². The lowest BCUT2D eigenvalue weighted by molar-refractivity contribution is 0.0769. The third-order valence-corrected chi connectivity index (χ3v) is 5.80. The van der Waals surface area contributed by atoms with Crippen molar-refractivity contribution in [2.24, 2.45) is 0 Å². The molecule has 2 amide bonds. The number of carbonyl (C=O) groups is 2. The molecular weight excluding hydrogens is 386 g/mol. The van der Waals surface area contributed by atoms with Gasteiger partial charge in [-0.3, -0.25) is 9.59 Å². The molecule has 7 heteroatoms. The molecule has 0 saturated heterocycles. The van der Waals surface area contributed by atoms with Gasteiger partial charge in [-0.15, -0.1) is 11.3 Å². The molecule has 1 N–H and O–H groups in total. The Morgan fingerprint density at radius 2 is 1.83 bits per heavy atom. The van der Waals surface area contributed by atoms with Crippen molar-refractivity contribution < 1.29 is 14.3 Å². The summed E-state index contributed by atoms with van der Waals surface area (Å²) in [5.74, 6) is 0.449. The van der Waals surface area contributed by atoms with Crippen molar-refractivity contribution in [2.75, 3.05) is 47.4 Å². The Labute approximate surface area is 177 Å². The van der Waals surface area contributed by atoms with E-state index in [1.54, 1.807) is 18.1 Å². The Balaban J connectivity index is 2.13. The number of nitrogens with zero attached hydrogens (tertiary/aromatic N) is 2. The summed E-state index contributed by atoms with van der Waals surface area (Å²) in [6.07, 6.45) is 0.913. The van der Waals surface area contributed by atoms with E-state index in [9.17, 15) is 9.59 Å². The fourth-order valence-corrected chi connectivity index (χ4v) is 3.92. The number of ether oxygens (including phenoxy) is 1. The van der Waals surface area contributed by atoms with Crippen LogP contribution < -0.4 is 10.1 Å². The lowest BCUT2D eigenvalue weighted by atomic mass is 10.1. The summed E-state index contributed by atoms with van der Waals surface area (Å²) in [7, 11) is 5.60. The summed E-state index contributed by atoms with van der Waals surface area (Å²) >= 11 is 1.43. The van der Waals surface area contributed by atoms with Gasteiger partial charge in [0.2, 0.25) is 0 Å². The van der Waals surface area contributed by atoms with Gasteiger partial charge in [0.15, 0.2) is 0 Å². The highest BCUT2D eigenvalue weighted by Crippen LogP contribution is 2.32. The fourth-order valence-electron chi connectivity index (χ4n) is 3.00. The summed E-state index contributed by atoms with van der Waals surface area (Å²) in [6.45, 7) is 6.81. The van der Waals surface area contributed by atoms with E-state index < -0.39 is 0 Å². The lowest BCUT2D eigenvalue weighted by Crippen LogP contribution is -2.30. The summed E-state index contributed by atoms with van der Waals surface area (Å²) in [6, 6.07) is 9.34. The molecule has 0 fully saturated rings. The molecule has 2 rings (SSSR count). The van der Waals surface area contributed by atoms with Gasteiger partial charge in [0.1, 0.15) is 5.75 Å². The summed E-state index contributed by atoms with van der Waals surface area (Å²) in [5, 5.41) is 2.96. The van der Waals surface area contributed by atoms with Gasteiger partial charge in [-0.2, -0.15) is 0 Å². The summed E-state index contributed by atoms with van der Waals surface area (Å²) in [4.78, 5) is 30.5. The average molecular weight is 418 g/mol. The second kappa shape index (κ2) is 11.0. The topological polar surface area (TPSA) is 61.9 Å². The Kier molecular flexibility index (Phi) is 8.67. The number of rotatable bonds is 10. The number of amides is 2. The third-order valence-electron chi connectivity index (χ3n) is 4.66. The number of methoxy groups -OCH3 is 1. The smallest absolute Gasteiger partial charge is 0.261 e. The molecule has 0 saturated carbocycles. The zero-order chi connectivity index (χ0) is 21.4. The molecule has 0 unspecified atom stereocenters. The highest BCUT2D eigenvalue weighted by Gasteiger charge is 2.18. The average Bonchev–Trinajstić information content (AvgIpc) is 3.21. The molecule has 0 aliphatic heterocycles. The predicted octanol–water partition coefficient (Wildman–Crippen LogP) is 3.59. The molecule has 1 aromatic carbocycles. The van der Waals surface area contributed by atoms with Crippen LogP contribution >= 0.6 is 11.3 Å². The molecule has 158 valence electrons. The van der Waals surface area contributed by atoms with Gasteiger partial charge < -0.3 is 19.9 Å². The Bertz CT molecular complexity index is 828. The van der Waals surface area contributed by atoms with E-state index in [2.05, 4.69) is 10.2 Å². The van der Waals surface area contributed by atoms with Gasteiger partial charge in [-0.25, -0.2) is 0 Å². The van der Waals surface area contributed by atoms with Crippen molar-refractivity contribution >= 4 is 23.2 Å². The fraction of sp³-hybridized carbons (Fsp3) is 0.455. The molecule has 0 atom stereocenters. The molecule has 2 aromatic rings. The summed E-state index contributed by atoms with van der Waals surface area (Å²) < 4.78 is 5.48. The Morgan fingerprint density at radius 3 is 2.45 bits per heavy atom. The van der Waals surface area contributed by atoms with Crippen molar-refractivity contribution in [3.63, 3.8) is 0 Å². The molecule has 1 heterocycles. The van der Waals surface area contributed by atoms with E-state index in [0.29, 0.717) is 35.8 Å². The normalized spacial score (nSPS) is 10.8. The first kappa shape index (κ1) is 22.9. The van der Waals surface area contributed by atoms with Crippen molar-refractivity contribution in [3.8, 4) is 16.2 Å². The molecule has 6 nitrogen and oxygen atoms in total. The molecule has 0 bridgehead atoms. The summed E-state index contributed by atoms with van der Waals surface area (Å²) in [5.41, 5.74) is 1.48. The van der Waals surface area contributed by atoms with Crippen LogP contribution in [0.2, 0.25) is 0 Å². The Hall–Kier alpha value is -2.38. The van der Waals surface area contributed by atoms with Gasteiger partial charge in [-0.1, -0.05) is 6.07 Å². The first-order chi connectivity index (χ1) is 13.9. The number of benzene rings is 1. The van der Waals surface area contributed by atoms with Gasteiger partial charge >= 0.3 is 0 Å². The largest absolute Gasteiger partial charge is 0.496 e. The molecule has 0 aliphatic carbocycles. The third kappa shape index (κ3) is 6.05. The van der Waals surface area contributed by atoms with Crippen LogP contribution in [0.15, 0.2) is 30.3 Å². The number of hydrogen-bond donors (Lipinski definition) is 1. The predicted molar refractivity (Wildman–Crippen MR) is 119 cm³/mol. The van der Waals surface area contributed by atoms with Crippen molar-refractivity contribution in [1.82, 2.24) is 15.1 Å². The second-order valence-corrected chi connectivity index (χ2v) is 8.05. The van der Waals surface area contributed by atoms with Crippen molar-refractivity contribution in [3.05, 3.63) is 40.8 Å². The highest BCUT2D eigenvalue weighted by atomic mass is 32.1. The standard InChI is InChI=1S/C22H31N3O3S/c1-6-25(7-2)22(27)17-10-9-16(15-18(17)28-5)19-11-12-20(29-19)21(26)23-13-8-14-24(3)4/h9-12,15H,6-8,13-14H2,1-5H3,(H,23,26). The SMILES string of the molecule is CCN(CC)C(=O)c1ccc(-c2ccc(C(=O)NCCCN(C)C)s2)cc1OC. The second-order valence-electron chi connectivity index (χ2n) is 6.97. The van der Waals surface area contributed by atoms with E-state index in [1.807, 2.05) is 52.2 Å². The van der Waals surface area contributed by atoms with Crippen LogP contribution in [-0.2, 0) is 0 Å². The van der Waals surface area contributed by atoms with Gasteiger partial charge in [0.05, 0.1) is 17.6 Å². The zero-order valence-corrected chi connectivity index (χ0v) is 18.8. The van der Waals surface area contributed by atoms with Crippen LogP contribution in [-0.4, -0.2) is 69.0 Å². The van der Waals surface area contributed by atoms with Gasteiger partial charge in [0.25, 0.3) is 11.8 Å². The molecule has 0 spiro atoms. The minimum absolute atomic E-state index is 0.0395. The quantitative estimate of drug-likeness (QED) is 0.600. The first-order valence-electron chi connectivity index (χ1n) is 9.91. The van der Waals surface area contributed by atoms with Crippen LogP contribution in [0.3, 0.4) is 0 Å². The van der Waals surface area contributed by atoms with Crippen LogP contribution in [0.4, 0.5) is 0 Å². The van der Waals surface area contributed by atoms with Gasteiger partial charge in [-0.05, 0) is 70.7 Å². The van der Waals surface area contributed by atoms with Crippen molar-refractivity contribution in [2.45, 2.75) is 20.3 Å². The van der Waals surface area contributed by atoms with E-state index in [-0.39, 0.29) is 11.8 Å². The minimum Gasteiger partial charge on any atom is -0.496 e. The van der Waals surface area contributed by atoms with Crippen LogP contribution in [0.1, 0.15) is 40.3 Å².